The van der Waals surface area contributed by atoms with E-state index in [1.54, 1.807) is 13.2 Å². The van der Waals surface area contributed by atoms with Crippen LogP contribution in [0.15, 0.2) is 36.8 Å². The summed E-state index contributed by atoms with van der Waals surface area (Å²) in [6.07, 6.45) is 4.49. The fraction of sp³-hybridized carbons (Fsp3) is 0.200. The maximum Gasteiger partial charge on any atom is 0.334 e. The van der Waals surface area contributed by atoms with Crippen molar-refractivity contribution < 1.29 is 18.4 Å². The molecule has 0 unspecified atom stereocenters. The third-order valence-electron chi connectivity index (χ3n) is 4.34. The summed E-state index contributed by atoms with van der Waals surface area (Å²) in [4.78, 5) is 26.7. The van der Waals surface area contributed by atoms with Crippen LogP contribution in [0.2, 0.25) is 5.02 Å². The zero-order chi connectivity index (χ0) is 22.7. The number of nitrogens with zero attached hydrogens (tertiary/aromatic N) is 3. The van der Waals surface area contributed by atoms with Crippen molar-refractivity contribution in [1.29, 1.82) is 0 Å². The predicted octanol–water partition coefficient (Wildman–Crippen LogP) is 3.49. The molecule has 1 aromatic carbocycles. The van der Waals surface area contributed by atoms with Gasteiger partial charge >= 0.3 is 6.03 Å². The summed E-state index contributed by atoms with van der Waals surface area (Å²) in [6.45, 7) is 2.75. The van der Waals surface area contributed by atoms with Crippen molar-refractivity contribution in [1.82, 2.24) is 30.9 Å². The molecule has 0 aliphatic rings. The van der Waals surface area contributed by atoms with Crippen molar-refractivity contribution >= 4 is 23.5 Å². The lowest BCUT2D eigenvalue weighted by atomic mass is 9.96. The van der Waals surface area contributed by atoms with Gasteiger partial charge in [0.25, 0.3) is 0 Å². The highest BCUT2D eigenvalue weighted by Crippen LogP contribution is 2.37. The molecule has 162 valence electrons. The maximum absolute atomic E-state index is 14.8. The Balaban J connectivity index is 1.93. The number of hydrogen-bond donors (Lipinski definition) is 3. The van der Waals surface area contributed by atoms with E-state index in [2.05, 4.69) is 26.3 Å². The van der Waals surface area contributed by atoms with Crippen molar-refractivity contribution in [2.24, 2.45) is 7.05 Å². The number of aromatic nitrogens is 3. The van der Waals surface area contributed by atoms with Gasteiger partial charge < -0.3 is 5.32 Å². The first-order valence-electron chi connectivity index (χ1n) is 9.12. The minimum absolute atomic E-state index is 0.0350. The number of amides is 3. The number of hydrazine groups is 1. The fourth-order valence-corrected chi connectivity index (χ4v) is 3.21. The minimum Gasteiger partial charge on any atom is -0.329 e. The van der Waals surface area contributed by atoms with Crippen LogP contribution in [0.5, 0.6) is 0 Å². The Hall–Kier alpha value is -3.53. The van der Waals surface area contributed by atoms with E-state index in [-0.39, 0.29) is 16.3 Å². The van der Waals surface area contributed by atoms with Gasteiger partial charge in [0, 0.05) is 48.1 Å². The van der Waals surface area contributed by atoms with E-state index in [4.69, 9.17) is 11.6 Å². The first-order valence-corrected chi connectivity index (χ1v) is 9.50. The van der Waals surface area contributed by atoms with Crippen LogP contribution in [-0.4, -0.2) is 26.7 Å². The molecule has 8 nitrogen and oxygen atoms in total. The van der Waals surface area contributed by atoms with Crippen molar-refractivity contribution in [2.45, 2.75) is 19.9 Å². The van der Waals surface area contributed by atoms with Gasteiger partial charge in [-0.2, -0.15) is 5.10 Å². The van der Waals surface area contributed by atoms with E-state index in [0.29, 0.717) is 16.7 Å². The number of nitrogens with one attached hydrogen (secondary N) is 3. The lowest BCUT2D eigenvalue weighted by Crippen LogP contribution is -2.46. The third kappa shape index (κ3) is 5.15. The van der Waals surface area contributed by atoms with Crippen molar-refractivity contribution in [3.05, 3.63) is 59.1 Å². The number of aryl methyl sites for hydroxylation is 1. The summed E-state index contributed by atoms with van der Waals surface area (Å²) < 4.78 is 31.1. The fourth-order valence-electron chi connectivity index (χ4n) is 3.01. The van der Waals surface area contributed by atoms with Crippen LogP contribution in [0.25, 0.3) is 22.3 Å². The first kappa shape index (κ1) is 22.2. The summed E-state index contributed by atoms with van der Waals surface area (Å²) in [7, 11) is 1.70. The van der Waals surface area contributed by atoms with Crippen LogP contribution in [-0.2, 0) is 11.8 Å². The maximum atomic E-state index is 14.8. The average molecular weight is 449 g/mol. The Morgan fingerprint density at radius 1 is 1.10 bits per heavy atom. The van der Waals surface area contributed by atoms with E-state index < -0.39 is 29.6 Å². The molecule has 3 rings (SSSR count). The second-order valence-corrected chi connectivity index (χ2v) is 7.24. The quantitative estimate of drug-likeness (QED) is 0.532. The standard InChI is InChI=1S/C20H19ClF2N6O2/c1-10(26-20(31)28-27-11(2)30)19-17(23)4-12(7-24-19)15-5-14(21)6-16(22)18(15)13-8-25-29(3)9-13/h4-10H,1-3H3,(H,27,30)(H2,26,28,31)/t10-/m1/s1. The number of urea groups is 1. The van der Waals surface area contributed by atoms with Crippen LogP contribution in [0, 0.1) is 11.6 Å². The zero-order valence-electron chi connectivity index (χ0n) is 16.8. The predicted molar refractivity (Wildman–Crippen MR) is 111 cm³/mol. The Bertz CT molecular complexity index is 1150. The molecule has 0 aliphatic heterocycles. The van der Waals surface area contributed by atoms with Crippen LogP contribution >= 0.6 is 11.6 Å². The van der Waals surface area contributed by atoms with Crippen LogP contribution in [0.1, 0.15) is 25.6 Å². The van der Waals surface area contributed by atoms with Crippen LogP contribution in [0.4, 0.5) is 13.6 Å². The number of carbonyl (C=O) groups is 2. The Labute approximate surface area is 181 Å². The van der Waals surface area contributed by atoms with Crippen LogP contribution < -0.4 is 16.2 Å². The van der Waals surface area contributed by atoms with E-state index >= 15 is 0 Å². The summed E-state index contributed by atoms with van der Waals surface area (Å²) in [6, 6.07) is 2.34. The number of rotatable bonds is 4. The highest BCUT2D eigenvalue weighted by molar-refractivity contribution is 6.31. The molecular weight excluding hydrogens is 430 g/mol. The smallest absolute Gasteiger partial charge is 0.329 e. The number of benzene rings is 1. The Kier molecular flexibility index (Phi) is 6.50. The Morgan fingerprint density at radius 3 is 2.45 bits per heavy atom. The molecule has 0 radical (unpaired) electrons. The van der Waals surface area contributed by atoms with E-state index in [1.165, 1.54) is 49.1 Å². The van der Waals surface area contributed by atoms with Gasteiger partial charge in [0.15, 0.2) is 0 Å². The lowest BCUT2D eigenvalue weighted by molar-refractivity contribution is -0.119. The number of carbonyl (C=O) groups excluding carboxylic acids is 2. The second-order valence-electron chi connectivity index (χ2n) is 6.81. The van der Waals surface area contributed by atoms with Gasteiger partial charge in [0.05, 0.1) is 17.9 Å². The number of hydrogen-bond acceptors (Lipinski definition) is 4. The van der Waals surface area contributed by atoms with Gasteiger partial charge in [-0.15, -0.1) is 0 Å². The van der Waals surface area contributed by atoms with Gasteiger partial charge in [-0.1, -0.05) is 11.6 Å². The molecule has 31 heavy (non-hydrogen) atoms. The molecule has 0 bridgehead atoms. The van der Waals surface area contributed by atoms with E-state index in [9.17, 15) is 18.4 Å². The van der Waals surface area contributed by atoms with Crippen molar-refractivity contribution in [2.75, 3.05) is 0 Å². The van der Waals surface area contributed by atoms with Crippen LogP contribution in [0.3, 0.4) is 0 Å². The molecule has 2 heterocycles. The third-order valence-corrected chi connectivity index (χ3v) is 4.56. The molecule has 0 saturated heterocycles. The SMILES string of the molecule is CC(=O)NNC(=O)N[C@H](C)c1ncc(-c2cc(Cl)cc(F)c2-c2cnn(C)c2)cc1F. The van der Waals surface area contributed by atoms with Gasteiger partial charge in [-0.3, -0.25) is 19.9 Å². The Morgan fingerprint density at radius 2 is 1.84 bits per heavy atom. The summed E-state index contributed by atoms with van der Waals surface area (Å²) >= 11 is 6.04. The summed E-state index contributed by atoms with van der Waals surface area (Å²) in [5.74, 6) is -1.75. The molecule has 0 aliphatic carbocycles. The number of halogens is 3. The number of pyridine rings is 1. The average Bonchev–Trinajstić information content (AvgIpc) is 3.11. The van der Waals surface area contributed by atoms with Gasteiger partial charge in [0.1, 0.15) is 11.6 Å². The molecule has 0 fully saturated rings. The monoisotopic (exact) mass is 448 g/mol. The van der Waals surface area contributed by atoms with Crippen molar-refractivity contribution in [3.8, 4) is 22.3 Å². The molecule has 3 amide bonds. The van der Waals surface area contributed by atoms with Gasteiger partial charge in [0.2, 0.25) is 5.91 Å². The van der Waals surface area contributed by atoms with Gasteiger partial charge in [-0.25, -0.2) is 19.0 Å². The summed E-state index contributed by atoms with van der Waals surface area (Å²) in [5.41, 5.74) is 5.56. The molecule has 0 spiro atoms. The highest BCUT2D eigenvalue weighted by atomic mass is 35.5. The molecular formula is C20H19ClF2N6O2. The highest BCUT2D eigenvalue weighted by Gasteiger charge is 2.20. The topological polar surface area (TPSA) is 101 Å². The largest absolute Gasteiger partial charge is 0.334 e. The minimum atomic E-state index is -0.809. The molecule has 0 saturated carbocycles. The normalized spacial score (nSPS) is 11.7. The lowest BCUT2D eigenvalue weighted by Gasteiger charge is -2.16. The van der Waals surface area contributed by atoms with E-state index in [0.717, 1.165) is 0 Å². The first-order chi connectivity index (χ1) is 14.7. The molecule has 3 aromatic rings. The second kappa shape index (κ2) is 9.09. The van der Waals surface area contributed by atoms with Gasteiger partial charge in [-0.05, 0) is 30.7 Å². The molecule has 2 aromatic heterocycles. The molecule has 3 N–H and O–H groups in total. The summed E-state index contributed by atoms with van der Waals surface area (Å²) in [5, 5.41) is 6.65. The molecule has 11 heteroatoms. The zero-order valence-corrected chi connectivity index (χ0v) is 17.6. The van der Waals surface area contributed by atoms with Crippen molar-refractivity contribution in [3.63, 3.8) is 0 Å². The molecule has 1 atom stereocenters. The van der Waals surface area contributed by atoms with E-state index in [1.807, 2.05) is 0 Å².